The van der Waals surface area contributed by atoms with E-state index in [1.54, 1.807) is 23.9 Å². The molecule has 0 aromatic carbocycles. The SMILES string of the molecule is Cc1nc(CNCC2COCc3c(-c4ccoc4)nnn3C2)cs1. The number of nitrogens with zero attached hydrogens (tertiary/aromatic N) is 4. The Balaban J connectivity index is 1.39. The Morgan fingerprint density at radius 3 is 3.21 bits per heavy atom. The van der Waals surface area contributed by atoms with E-state index in [9.17, 15) is 0 Å². The predicted octanol–water partition coefficient (Wildman–Crippen LogP) is 2.24. The van der Waals surface area contributed by atoms with Gasteiger partial charge in [-0.3, -0.25) is 0 Å². The molecular formula is C16H19N5O2S. The molecule has 0 radical (unpaired) electrons. The molecule has 8 heteroatoms. The summed E-state index contributed by atoms with van der Waals surface area (Å²) in [5.41, 5.74) is 3.88. The van der Waals surface area contributed by atoms with Crippen molar-refractivity contribution in [3.8, 4) is 11.3 Å². The van der Waals surface area contributed by atoms with Gasteiger partial charge in [0.25, 0.3) is 0 Å². The fraction of sp³-hybridized carbons (Fsp3) is 0.438. The zero-order valence-corrected chi connectivity index (χ0v) is 14.3. The molecule has 0 spiro atoms. The normalized spacial score (nSPS) is 17.6. The molecular weight excluding hydrogens is 326 g/mol. The monoisotopic (exact) mass is 345 g/mol. The minimum atomic E-state index is 0.352. The fourth-order valence-corrected chi connectivity index (χ4v) is 3.50. The van der Waals surface area contributed by atoms with Crippen molar-refractivity contribution in [1.82, 2.24) is 25.3 Å². The lowest BCUT2D eigenvalue weighted by Gasteiger charge is -2.14. The lowest BCUT2D eigenvalue weighted by molar-refractivity contribution is 0.0941. The highest BCUT2D eigenvalue weighted by atomic mass is 32.1. The summed E-state index contributed by atoms with van der Waals surface area (Å²) >= 11 is 1.68. The largest absolute Gasteiger partial charge is 0.472 e. The molecule has 1 N–H and O–H groups in total. The molecule has 3 aromatic heterocycles. The summed E-state index contributed by atoms with van der Waals surface area (Å²) in [5.74, 6) is 0.352. The Labute approximate surface area is 143 Å². The molecule has 3 aromatic rings. The van der Waals surface area contributed by atoms with Gasteiger partial charge in [-0.25, -0.2) is 9.67 Å². The highest BCUT2D eigenvalue weighted by Gasteiger charge is 2.22. The second kappa shape index (κ2) is 6.84. The molecule has 1 unspecified atom stereocenters. The highest BCUT2D eigenvalue weighted by molar-refractivity contribution is 7.09. The average Bonchev–Trinajstić information content (AvgIpc) is 3.28. The van der Waals surface area contributed by atoms with Crippen LogP contribution in [0, 0.1) is 12.8 Å². The van der Waals surface area contributed by atoms with E-state index in [1.165, 1.54) is 0 Å². The summed E-state index contributed by atoms with van der Waals surface area (Å²) in [4.78, 5) is 4.47. The molecule has 0 fully saturated rings. The topological polar surface area (TPSA) is 78.0 Å². The van der Waals surface area contributed by atoms with Crippen LogP contribution in [0.15, 0.2) is 28.4 Å². The van der Waals surface area contributed by atoms with Crippen LogP contribution in [0.3, 0.4) is 0 Å². The fourth-order valence-electron chi connectivity index (χ4n) is 2.88. The van der Waals surface area contributed by atoms with Gasteiger partial charge in [-0.1, -0.05) is 5.21 Å². The predicted molar refractivity (Wildman–Crippen MR) is 89.4 cm³/mol. The zero-order valence-electron chi connectivity index (χ0n) is 13.4. The van der Waals surface area contributed by atoms with E-state index in [4.69, 9.17) is 9.15 Å². The number of hydrogen-bond acceptors (Lipinski definition) is 7. The lowest BCUT2D eigenvalue weighted by Crippen LogP contribution is -2.28. The first-order valence-corrected chi connectivity index (χ1v) is 8.82. The van der Waals surface area contributed by atoms with Gasteiger partial charge < -0.3 is 14.5 Å². The molecule has 4 heterocycles. The summed E-state index contributed by atoms with van der Waals surface area (Å²) in [5, 5.41) is 15.3. The smallest absolute Gasteiger partial charge is 0.121 e. The van der Waals surface area contributed by atoms with Crippen LogP contribution in [0.4, 0.5) is 0 Å². The van der Waals surface area contributed by atoms with Crippen LogP contribution in [0.2, 0.25) is 0 Å². The number of fused-ring (bicyclic) bond motifs is 1. The molecule has 1 atom stereocenters. The van der Waals surface area contributed by atoms with Crippen molar-refractivity contribution < 1.29 is 9.15 Å². The average molecular weight is 345 g/mol. The molecule has 24 heavy (non-hydrogen) atoms. The Morgan fingerprint density at radius 1 is 1.46 bits per heavy atom. The van der Waals surface area contributed by atoms with Crippen LogP contribution in [0.5, 0.6) is 0 Å². The molecule has 0 bridgehead atoms. The number of thiazole rings is 1. The van der Waals surface area contributed by atoms with Crippen LogP contribution >= 0.6 is 11.3 Å². The van der Waals surface area contributed by atoms with Crippen LogP contribution in [-0.4, -0.2) is 33.1 Å². The van der Waals surface area contributed by atoms with Crippen LogP contribution < -0.4 is 5.32 Å². The first-order chi connectivity index (χ1) is 11.8. The van der Waals surface area contributed by atoms with Crippen molar-refractivity contribution in [3.05, 3.63) is 40.4 Å². The summed E-state index contributed by atoms with van der Waals surface area (Å²) in [6, 6.07) is 1.89. The quantitative estimate of drug-likeness (QED) is 0.764. The number of nitrogens with one attached hydrogen (secondary N) is 1. The van der Waals surface area contributed by atoms with Gasteiger partial charge in [-0.15, -0.1) is 16.4 Å². The number of aryl methyl sites for hydroxylation is 1. The van der Waals surface area contributed by atoms with Gasteiger partial charge >= 0.3 is 0 Å². The number of hydrogen-bond donors (Lipinski definition) is 1. The maximum Gasteiger partial charge on any atom is 0.121 e. The van der Waals surface area contributed by atoms with Gasteiger partial charge in [0.15, 0.2) is 0 Å². The van der Waals surface area contributed by atoms with E-state index in [0.29, 0.717) is 19.1 Å². The maximum atomic E-state index is 5.85. The van der Waals surface area contributed by atoms with Crippen LogP contribution in [0.1, 0.15) is 16.4 Å². The molecule has 0 saturated heterocycles. The Hall–Kier alpha value is -2.03. The van der Waals surface area contributed by atoms with E-state index >= 15 is 0 Å². The van der Waals surface area contributed by atoms with Gasteiger partial charge in [-0.2, -0.15) is 0 Å². The van der Waals surface area contributed by atoms with Crippen molar-refractivity contribution in [2.45, 2.75) is 26.6 Å². The van der Waals surface area contributed by atoms with E-state index in [1.807, 2.05) is 17.7 Å². The summed E-state index contributed by atoms with van der Waals surface area (Å²) in [6.45, 7) is 5.69. The van der Waals surface area contributed by atoms with Crippen molar-refractivity contribution in [2.75, 3.05) is 13.2 Å². The highest BCUT2D eigenvalue weighted by Crippen LogP contribution is 2.24. The first kappa shape index (κ1) is 15.5. The third-order valence-corrected chi connectivity index (χ3v) is 4.88. The summed E-state index contributed by atoms with van der Waals surface area (Å²) in [6.07, 6.45) is 3.33. The summed E-state index contributed by atoms with van der Waals surface area (Å²) < 4.78 is 13.0. The number of ether oxygens (including phenoxy) is 1. The molecule has 7 nitrogen and oxygen atoms in total. The maximum absolute atomic E-state index is 5.85. The van der Waals surface area contributed by atoms with Gasteiger partial charge in [-0.05, 0) is 13.0 Å². The van der Waals surface area contributed by atoms with Crippen LogP contribution in [0.25, 0.3) is 11.3 Å². The number of rotatable bonds is 5. The molecule has 0 aliphatic carbocycles. The standard InChI is InChI=1S/C16H19N5O2S/c1-11-18-14(10-24-11)5-17-4-12-6-21-15(9-23-7-12)16(19-20-21)13-2-3-22-8-13/h2-3,8,10,12,17H,4-7,9H2,1H3. The molecule has 126 valence electrons. The minimum Gasteiger partial charge on any atom is -0.472 e. The zero-order chi connectivity index (χ0) is 16.4. The number of furan rings is 1. The van der Waals surface area contributed by atoms with Crippen molar-refractivity contribution in [2.24, 2.45) is 5.92 Å². The second-order valence-electron chi connectivity index (χ2n) is 5.95. The Bertz CT molecular complexity index is 795. The van der Waals surface area contributed by atoms with E-state index < -0.39 is 0 Å². The lowest BCUT2D eigenvalue weighted by atomic mass is 10.1. The van der Waals surface area contributed by atoms with E-state index in [0.717, 1.165) is 47.3 Å². The minimum absolute atomic E-state index is 0.352. The van der Waals surface area contributed by atoms with Crippen LogP contribution in [-0.2, 0) is 24.4 Å². The third-order valence-electron chi connectivity index (χ3n) is 4.06. The number of aromatic nitrogens is 4. The van der Waals surface area contributed by atoms with Gasteiger partial charge in [0.05, 0.1) is 42.1 Å². The van der Waals surface area contributed by atoms with Crippen molar-refractivity contribution in [1.29, 1.82) is 0 Å². The van der Waals surface area contributed by atoms with E-state index in [2.05, 4.69) is 26.0 Å². The van der Waals surface area contributed by atoms with Crippen molar-refractivity contribution in [3.63, 3.8) is 0 Å². The molecule has 0 amide bonds. The van der Waals surface area contributed by atoms with E-state index in [-0.39, 0.29) is 0 Å². The second-order valence-corrected chi connectivity index (χ2v) is 7.01. The molecule has 1 aliphatic heterocycles. The molecule has 4 rings (SSSR count). The van der Waals surface area contributed by atoms with Gasteiger partial charge in [0.1, 0.15) is 5.69 Å². The third kappa shape index (κ3) is 3.26. The Morgan fingerprint density at radius 2 is 2.42 bits per heavy atom. The van der Waals surface area contributed by atoms with Gasteiger partial charge in [0.2, 0.25) is 0 Å². The van der Waals surface area contributed by atoms with Crippen molar-refractivity contribution >= 4 is 11.3 Å². The van der Waals surface area contributed by atoms with Gasteiger partial charge in [0, 0.05) is 36.5 Å². The summed E-state index contributed by atoms with van der Waals surface area (Å²) in [7, 11) is 0. The first-order valence-electron chi connectivity index (χ1n) is 7.94. The Kier molecular flexibility index (Phi) is 4.42. The molecule has 0 saturated carbocycles. The molecule has 1 aliphatic rings.